The number of phenolic OH excluding ortho intramolecular Hbond substituents is 1. The highest BCUT2D eigenvalue weighted by Gasteiger charge is 2.38. The van der Waals surface area contributed by atoms with Gasteiger partial charge in [0, 0.05) is 32.1 Å². The first-order valence-electron chi connectivity index (χ1n) is 18.1. The zero-order valence-electron chi connectivity index (χ0n) is 30.7. The van der Waals surface area contributed by atoms with Crippen LogP contribution in [-0.2, 0) is 25.7 Å². The third-order valence-corrected chi connectivity index (χ3v) is 8.67. The topological polar surface area (TPSA) is 224 Å². The number of hydrogen-bond donors (Lipinski definition) is 8. The number of alkyl halides is 3. The standard InChI is InChI=1S/C37H47N7O5.C2HF3O2/c38-36(44-37(49)41-24-23-39-33(46)29-15-8-3-9-16-29)40-22-10-17-31(34(47)42-25-26-18-20-30(45)21-19-26)43-35(48)32(27-11-4-1-5-12-27)28-13-6-2-7-14-28;3-2(4,5)1(6)7/h1-2,4-7,11-14,18-21,29,31-32,45H,3,8-10,15-17,22-25H2,(H,39,46)(H,42,47)(H,43,48)(H4,38,40,41,44,49);(H,6,7)/t31-;/m1./s1. The molecule has 0 aliphatic heterocycles. The quantitative estimate of drug-likeness (QED) is 0.0637. The van der Waals surface area contributed by atoms with Crippen LogP contribution in [0.25, 0.3) is 0 Å². The summed E-state index contributed by atoms with van der Waals surface area (Å²) in [5.74, 6) is -3.96. The summed E-state index contributed by atoms with van der Waals surface area (Å²) in [4.78, 5) is 64.8. The Morgan fingerprint density at radius 3 is 1.89 bits per heavy atom. The maximum absolute atomic E-state index is 13.8. The largest absolute Gasteiger partial charge is 0.508 e. The summed E-state index contributed by atoms with van der Waals surface area (Å²) in [6, 6.07) is 23.8. The Morgan fingerprint density at radius 1 is 0.786 bits per heavy atom. The van der Waals surface area contributed by atoms with Gasteiger partial charge in [-0.3, -0.25) is 24.7 Å². The summed E-state index contributed by atoms with van der Waals surface area (Å²) >= 11 is 0. The monoisotopic (exact) mass is 783 g/mol. The summed E-state index contributed by atoms with van der Waals surface area (Å²) in [6.07, 6.45) is 0.697. The number of aromatic hydroxyl groups is 1. The van der Waals surface area contributed by atoms with Crippen LogP contribution in [0, 0.1) is 5.92 Å². The van der Waals surface area contributed by atoms with Crippen LogP contribution in [0.2, 0.25) is 0 Å². The van der Waals surface area contributed by atoms with Crippen LogP contribution in [0.1, 0.15) is 67.6 Å². The Balaban J connectivity index is 0.00000109. The maximum atomic E-state index is 13.8. The highest BCUT2D eigenvalue weighted by atomic mass is 19.4. The molecule has 1 saturated carbocycles. The van der Waals surface area contributed by atoms with Crippen molar-refractivity contribution in [3.05, 3.63) is 102 Å². The molecule has 3 aromatic rings. The van der Waals surface area contributed by atoms with Gasteiger partial charge in [-0.2, -0.15) is 13.2 Å². The van der Waals surface area contributed by atoms with Gasteiger partial charge in [0.1, 0.15) is 11.8 Å². The van der Waals surface area contributed by atoms with Gasteiger partial charge in [0.2, 0.25) is 17.7 Å². The maximum Gasteiger partial charge on any atom is 0.490 e. The molecule has 0 saturated heterocycles. The van der Waals surface area contributed by atoms with E-state index in [2.05, 4.69) is 31.6 Å². The molecule has 0 radical (unpaired) electrons. The molecule has 0 spiro atoms. The SMILES string of the molecule is NC(=NCCC[C@@H](NC(=O)C(c1ccccc1)c1ccccc1)C(=O)NCc1ccc(O)cc1)NC(=O)NCCNC(=O)C1CCCCC1.O=C(O)C(F)(F)F. The minimum Gasteiger partial charge on any atom is -0.508 e. The van der Waals surface area contributed by atoms with Crippen LogP contribution in [0.4, 0.5) is 18.0 Å². The molecule has 1 aliphatic carbocycles. The third-order valence-electron chi connectivity index (χ3n) is 8.67. The first-order valence-corrected chi connectivity index (χ1v) is 18.1. The molecule has 1 fully saturated rings. The number of aliphatic imine (C=N–C) groups is 1. The number of urea groups is 1. The van der Waals surface area contributed by atoms with E-state index in [-0.39, 0.29) is 61.4 Å². The van der Waals surface area contributed by atoms with Gasteiger partial charge in [-0.15, -0.1) is 0 Å². The van der Waals surface area contributed by atoms with E-state index in [1.165, 1.54) is 18.6 Å². The van der Waals surface area contributed by atoms with Crippen molar-refractivity contribution in [1.82, 2.24) is 26.6 Å². The number of nitrogens with one attached hydrogen (secondary N) is 5. The van der Waals surface area contributed by atoms with Crippen LogP contribution in [0.3, 0.4) is 0 Å². The number of aliphatic carboxylic acids is 1. The zero-order valence-corrected chi connectivity index (χ0v) is 30.7. The predicted octanol–water partition coefficient (Wildman–Crippen LogP) is 4.05. The molecule has 0 unspecified atom stereocenters. The number of carboxylic acid groups (broad SMARTS) is 1. The molecule has 302 valence electrons. The van der Waals surface area contributed by atoms with Gasteiger partial charge in [0.25, 0.3) is 0 Å². The molecule has 0 bridgehead atoms. The number of guanidine groups is 1. The summed E-state index contributed by atoms with van der Waals surface area (Å²) in [5, 5.41) is 30.5. The summed E-state index contributed by atoms with van der Waals surface area (Å²) in [7, 11) is 0. The lowest BCUT2D eigenvalue weighted by atomic mass is 9.89. The van der Waals surface area contributed by atoms with Gasteiger partial charge < -0.3 is 37.2 Å². The van der Waals surface area contributed by atoms with Crippen LogP contribution < -0.4 is 32.3 Å². The minimum absolute atomic E-state index is 0.0298. The van der Waals surface area contributed by atoms with Gasteiger partial charge in [0.05, 0.1) is 5.92 Å². The number of nitrogens with zero attached hydrogens (tertiary/aromatic N) is 1. The lowest BCUT2D eigenvalue weighted by Gasteiger charge is -2.23. The number of carboxylic acids is 1. The van der Waals surface area contributed by atoms with Crippen molar-refractivity contribution in [2.45, 2.75) is 69.6 Å². The van der Waals surface area contributed by atoms with E-state index in [0.29, 0.717) is 13.0 Å². The first kappa shape index (κ1) is 44.3. The van der Waals surface area contributed by atoms with Gasteiger partial charge in [-0.05, 0) is 54.5 Å². The number of halogens is 3. The molecule has 0 heterocycles. The Morgan fingerprint density at radius 2 is 1.34 bits per heavy atom. The molecule has 1 atom stereocenters. The molecule has 17 heteroatoms. The number of benzene rings is 3. The van der Waals surface area contributed by atoms with E-state index >= 15 is 0 Å². The van der Waals surface area contributed by atoms with Crippen LogP contribution >= 0.6 is 0 Å². The van der Waals surface area contributed by atoms with Crippen molar-refractivity contribution < 1.29 is 47.4 Å². The van der Waals surface area contributed by atoms with Crippen LogP contribution in [-0.4, -0.2) is 77.7 Å². The molecule has 56 heavy (non-hydrogen) atoms. The molecular weight excluding hydrogens is 735 g/mol. The number of carbonyl (C=O) groups is 5. The molecular formula is C39H48F3N7O7. The fourth-order valence-corrected chi connectivity index (χ4v) is 5.80. The van der Waals surface area contributed by atoms with Crippen molar-refractivity contribution in [2.75, 3.05) is 19.6 Å². The van der Waals surface area contributed by atoms with Crippen molar-refractivity contribution in [2.24, 2.45) is 16.6 Å². The average molecular weight is 784 g/mol. The lowest BCUT2D eigenvalue weighted by Crippen LogP contribution is -2.48. The predicted molar refractivity (Wildman–Crippen MR) is 202 cm³/mol. The van der Waals surface area contributed by atoms with Crippen molar-refractivity contribution in [1.29, 1.82) is 0 Å². The van der Waals surface area contributed by atoms with E-state index in [1.54, 1.807) is 12.1 Å². The normalized spacial score (nSPS) is 13.7. The number of amides is 5. The van der Waals surface area contributed by atoms with E-state index in [0.717, 1.165) is 42.4 Å². The summed E-state index contributed by atoms with van der Waals surface area (Å²) in [6.45, 7) is 0.963. The second kappa shape index (κ2) is 22.9. The minimum atomic E-state index is -5.08. The molecule has 3 aromatic carbocycles. The lowest BCUT2D eigenvalue weighted by molar-refractivity contribution is -0.192. The third kappa shape index (κ3) is 16.1. The van der Waals surface area contributed by atoms with E-state index < -0.39 is 30.1 Å². The highest BCUT2D eigenvalue weighted by Crippen LogP contribution is 2.26. The molecule has 9 N–H and O–H groups in total. The Bertz CT molecular complexity index is 1700. The summed E-state index contributed by atoms with van der Waals surface area (Å²) in [5.41, 5.74) is 8.29. The van der Waals surface area contributed by atoms with Crippen molar-refractivity contribution in [3.63, 3.8) is 0 Å². The van der Waals surface area contributed by atoms with Crippen molar-refractivity contribution in [3.8, 4) is 5.75 Å². The Labute approximate surface area is 322 Å². The van der Waals surface area contributed by atoms with E-state index in [4.69, 9.17) is 15.6 Å². The molecule has 14 nitrogen and oxygen atoms in total. The Kier molecular flexibility index (Phi) is 18.1. The fraction of sp³-hybridized carbons (Fsp3) is 0.385. The van der Waals surface area contributed by atoms with Crippen LogP contribution in [0.15, 0.2) is 89.9 Å². The van der Waals surface area contributed by atoms with Crippen molar-refractivity contribution >= 4 is 35.7 Å². The van der Waals surface area contributed by atoms with Gasteiger partial charge in [0.15, 0.2) is 5.96 Å². The second-order valence-electron chi connectivity index (χ2n) is 12.9. The van der Waals surface area contributed by atoms with Gasteiger partial charge in [-0.25, -0.2) is 9.59 Å². The number of hydrogen-bond acceptors (Lipinski definition) is 7. The van der Waals surface area contributed by atoms with Gasteiger partial charge >= 0.3 is 18.2 Å². The van der Waals surface area contributed by atoms with Crippen LogP contribution in [0.5, 0.6) is 5.75 Å². The zero-order chi connectivity index (χ0) is 40.9. The smallest absolute Gasteiger partial charge is 0.490 e. The van der Waals surface area contributed by atoms with E-state index in [9.17, 15) is 37.5 Å². The molecule has 5 amide bonds. The summed E-state index contributed by atoms with van der Waals surface area (Å²) < 4.78 is 31.7. The van der Waals surface area contributed by atoms with E-state index in [1.807, 2.05) is 60.7 Å². The highest BCUT2D eigenvalue weighted by molar-refractivity contribution is 5.95. The number of carbonyl (C=O) groups excluding carboxylic acids is 4. The molecule has 1 aliphatic rings. The average Bonchev–Trinajstić information content (AvgIpc) is 3.18. The first-order chi connectivity index (χ1) is 26.7. The molecule has 0 aromatic heterocycles. The Hall–Kier alpha value is -6.13. The molecule has 4 rings (SSSR count). The number of nitrogens with two attached hydrogens (primary N) is 1. The number of rotatable bonds is 15. The fourth-order valence-electron chi connectivity index (χ4n) is 5.80. The van der Waals surface area contributed by atoms with Gasteiger partial charge in [-0.1, -0.05) is 92.1 Å². The number of phenols is 1. The second-order valence-corrected chi connectivity index (χ2v) is 12.9.